The number of allylic oxidation sites excluding steroid dienone is 4. The van der Waals surface area contributed by atoms with Gasteiger partial charge in [0.1, 0.15) is 0 Å². The molecule has 0 spiro atoms. The van der Waals surface area contributed by atoms with Gasteiger partial charge in [0.15, 0.2) is 0 Å². The van der Waals surface area contributed by atoms with Gasteiger partial charge in [0.2, 0.25) is 0 Å². The van der Waals surface area contributed by atoms with Gasteiger partial charge in [-0.2, -0.15) is 0 Å². The first-order valence-corrected chi connectivity index (χ1v) is 6.11. The Labute approximate surface area is 89.1 Å². The molecule has 2 atom stereocenters. The second kappa shape index (κ2) is 6.06. The average molecular weight is 192 g/mol. The number of rotatable bonds is 4. The summed E-state index contributed by atoms with van der Waals surface area (Å²) in [6.07, 6.45) is 14.7. The monoisotopic (exact) mass is 192 g/mol. The van der Waals surface area contributed by atoms with Crippen LogP contribution in [0.5, 0.6) is 0 Å². The summed E-state index contributed by atoms with van der Waals surface area (Å²) in [7, 11) is 0. The largest absolute Gasteiger partial charge is 0.0885 e. The van der Waals surface area contributed by atoms with Crippen molar-refractivity contribution in [3.63, 3.8) is 0 Å². The Morgan fingerprint density at radius 3 is 1.71 bits per heavy atom. The van der Waals surface area contributed by atoms with E-state index in [-0.39, 0.29) is 0 Å². The maximum Gasteiger partial charge on any atom is -0.0168 e. The van der Waals surface area contributed by atoms with Crippen molar-refractivity contribution in [1.82, 2.24) is 0 Å². The van der Waals surface area contributed by atoms with E-state index >= 15 is 0 Å². The topological polar surface area (TPSA) is 0 Å². The van der Waals surface area contributed by atoms with E-state index in [0.29, 0.717) is 0 Å². The maximum absolute atomic E-state index is 2.44. The summed E-state index contributed by atoms with van der Waals surface area (Å²) in [6, 6.07) is 0. The molecule has 0 aromatic carbocycles. The van der Waals surface area contributed by atoms with E-state index in [9.17, 15) is 0 Å². The Hall–Kier alpha value is -0.520. The molecule has 0 N–H and O–H groups in total. The molecule has 80 valence electrons. The fraction of sp³-hybridized carbons (Fsp3) is 0.714. The first-order valence-electron chi connectivity index (χ1n) is 6.11. The van der Waals surface area contributed by atoms with Crippen LogP contribution in [0.4, 0.5) is 0 Å². The van der Waals surface area contributed by atoms with Crippen molar-refractivity contribution >= 4 is 0 Å². The van der Waals surface area contributed by atoms with E-state index in [1.165, 1.54) is 25.7 Å². The molecule has 0 heterocycles. The summed E-state index contributed by atoms with van der Waals surface area (Å²) in [5.74, 6) is 2.54. The van der Waals surface area contributed by atoms with E-state index in [1.807, 2.05) is 0 Å². The zero-order chi connectivity index (χ0) is 10.4. The zero-order valence-corrected chi connectivity index (χ0v) is 9.87. The molecule has 1 rings (SSSR count). The highest BCUT2D eigenvalue weighted by Crippen LogP contribution is 2.37. The predicted octanol–water partition coefficient (Wildman–Crippen LogP) is 4.58. The fourth-order valence-electron chi connectivity index (χ4n) is 2.44. The number of hydrogen-bond acceptors (Lipinski definition) is 0. The smallest absolute Gasteiger partial charge is 0.0168 e. The summed E-state index contributed by atoms with van der Waals surface area (Å²) < 4.78 is 0. The lowest BCUT2D eigenvalue weighted by atomic mass is 9.95. The molecule has 0 nitrogen and oxygen atoms in total. The Bertz CT molecular complexity index is 178. The Morgan fingerprint density at radius 2 is 1.36 bits per heavy atom. The molecule has 0 heteroatoms. The van der Waals surface area contributed by atoms with Gasteiger partial charge in [-0.05, 0) is 43.4 Å². The maximum atomic E-state index is 2.44. The van der Waals surface area contributed by atoms with E-state index in [4.69, 9.17) is 0 Å². The van der Waals surface area contributed by atoms with Crippen molar-refractivity contribution in [1.29, 1.82) is 0 Å². The van der Waals surface area contributed by atoms with E-state index < -0.39 is 0 Å². The summed E-state index contributed by atoms with van der Waals surface area (Å²) in [4.78, 5) is 0. The lowest BCUT2D eigenvalue weighted by Crippen LogP contribution is -2.01. The minimum Gasteiger partial charge on any atom is -0.0885 e. The van der Waals surface area contributed by atoms with Crippen molar-refractivity contribution in [2.45, 2.75) is 46.5 Å². The van der Waals surface area contributed by atoms with Gasteiger partial charge in [-0.25, -0.2) is 0 Å². The molecule has 0 aromatic rings. The molecule has 1 aliphatic carbocycles. The summed E-state index contributed by atoms with van der Waals surface area (Å²) in [5, 5.41) is 0. The van der Waals surface area contributed by atoms with Crippen LogP contribution in [0.25, 0.3) is 0 Å². The van der Waals surface area contributed by atoms with Gasteiger partial charge in [0.05, 0.1) is 0 Å². The van der Waals surface area contributed by atoms with Gasteiger partial charge < -0.3 is 0 Å². The molecule has 1 fully saturated rings. The molecule has 0 saturated heterocycles. The van der Waals surface area contributed by atoms with Crippen LogP contribution in [0.1, 0.15) is 46.5 Å². The molecule has 0 bridgehead atoms. The highest BCUT2D eigenvalue weighted by molar-refractivity contribution is 5.03. The summed E-state index contributed by atoms with van der Waals surface area (Å²) >= 11 is 0. The Kier molecular flexibility index (Phi) is 5.00. The summed E-state index contributed by atoms with van der Waals surface area (Å²) in [5.41, 5.74) is 0. The minimum atomic E-state index is 0.813. The molecule has 0 radical (unpaired) electrons. The normalized spacial score (nSPS) is 33.5. The molecule has 0 aromatic heterocycles. The zero-order valence-electron chi connectivity index (χ0n) is 9.87. The van der Waals surface area contributed by atoms with Gasteiger partial charge in [-0.3, -0.25) is 0 Å². The molecule has 1 saturated carbocycles. The van der Waals surface area contributed by atoms with Crippen LogP contribution in [0.15, 0.2) is 24.3 Å². The molecule has 14 heavy (non-hydrogen) atoms. The van der Waals surface area contributed by atoms with Crippen LogP contribution in [0, 0.1) is 17.8 Å². The number of hydrogen-bond donors (Lipinski definition) is 0. The van der Waals surface area contributed by atoms with Crippen molar-refractivity contribution < 1.29 is 0 Å². The third kappa shape index (κ3) is 3.32. The average Bonchev–Trinajstić information content (AvgIpc) is 2.52. The van der Waals surface area contributed by atoms with Gasteiger partial charge >= 0.3 is 0 Å². The molecular weight excluding hydrogens is 168 g/mol. The van der Waals surface area contributed by atoms with Crippen molar-refractivity contribution in [2.24, 2.45) is 17.8 Å². The lowest BCUT2D eigenvalue weighted by molar-refractivity contribution is 0.556. The van der Waals surface area contributed by atoms with Gasteiger partial charge in [0.25, 0.3) is 0 Å². The van der Waals surface area contributed by atoms with Crippen LogP contribution in [-0.2, 0) is 0 Å². The first kappa shape index (κ1) is 11.6. The van der Waals surface area contributed by atoms with Crippen LogP contribution < -0.4 is 0 Å². The molecule has 0 aliphatic heterocycles. The second-order valence-corrected chi connectivity index (χ2v) is 4.58. The van der Waals surface area contributed by atoms with Crippen LogP contribution in [-0.4, -0.2) is 0 Å². The van der Waals surface area contributed by atoms with E-state index in [1.54, 1.807) is 0 Å². The quantitative estimate of drug-likeness (QED) is 0.572. The van der Waals surface area contributed by atoms with E-state index in [0.717, 1.165) is 17.8 Å². The van der Waals surface area contributed by atoms with Gasteiger partial charge in [-0.1, -0.05) is 45.1 Å². The van der Waals surface area contributed by atoms with Gasteiger partial charge in [0, 0.05) is 0 Å². The highest BCUT2D eigenvalue weighted by atomic mass is 14.3. The predicted molar refractivity (Wildman–Crippen MR) is 64.2 cm³/mol. The molecule has 1 aliphatic rings. The lowest BCUT2D eigenvalue weighted by Gasteiger charge is -2.10. The van der Waals surface area contributed by atoms with Crippen LogP contribution in [0.3, 0.4) is 0 Å². The SMILES string of the molecule is CC/C=C/C1CC(C)CC1/C=C/CC. The standard InChI is InChI=1S/C14H24/c1-4-6-8-13-10-12(3)11-14(13)9-7-5-2/h6-9,12-14H,4-5,10-11H2,1-3H3/b8-6+,9-7+. The Morgan fingerprint density at radius 1 is 0.929 bits per heavy atom. The second-order valence-electron chi connectivity index (χ2n) is 4.58. The molecular formula is C14H24. The summed E-state index contributed by atoms with van der Waals surface area (Å²) in [6.45, 7) is 6.81. The van der Waals surface area contributed by atoms with Crippen molar-refractivity contribution in [3.8, 4) is 0 Å². The van der Waals surface area contributed by atoms with Crippen molar-refractivity contribution in [3.05, 3.63) is 24.3 Å². The molecule has 2 unspecified atom stereocenters. The first-order chi connectivity index (χ1) is 6.77. The van der Waals surface area contributed by atoms with Crippen molar-refractivity contribution in [2.75, 3.05) is 0 Å². The third-order valence-corrected chi connectivity index (χ3v) is 3.14. The minimum absolute atomic E-state index is 0.813. The highest BCUT2D eigenvalue weighted by Gasteiger charge is 2.27. The van der Waals surface area contributed by atoms with E-state index in [2.05, 4.69) is 45.1 Å². The Balaban J connectivity index is 2.53. The fourth-order valence-corrected chi connectivity index (χ4v) is 2.44. The molecule has 0 amide bonds. The van der Waals surface area contributed by atoms with Gasteiger partial charge in [-0.15, -0.1) is 0 Å². The third-order valence-electron chi connectivity index (χ3n) is 3.14. The van der Waals surface area contributed by atoms with Crippen LogP contribution in [0.2, 0.25) is 0 Å². The van der Waals surface area contributed by atoms with Crippen LogP contribution >= 0.6 is 0 Å².